The summed E-state index contributed by atoms with van der Waals surface area (Å²) < 4.78 is 9.71. The van der Waals surface area contributed by atoms with Crippen LogP contribution in [0.15, 0.2) is 69.6 Å². The van der Waals surface area contributed by atoms with Crippen molar-refractivity contribution >= 4 is 39.1 Å². The Hall–Kier alpha value is -2.67. The third-order valence-electron chi connectivity index (χ3n) is 7.27. The second-order valence-electron chi connectivity index (χ2n) is 9.69. The molecule has 1 saturated carbocycles. The Balaban J connectivity index is 1.47. The van der Waals surface area contributed by atoms with E-state index in [4.69, 9.17) is 32.6 Å². The molecule has 6 rings (SSSR count). The van der Waals surface area contributed by atoms with Crippen molar-refractivity contribution in [3.05, 3.63) is 97.9 Å². The van der Waals surface area contributed by atoms with Gasteiger partial charge in [0.1, 0.15) is 11.5 Å². The van der Waals surface area contributed by atoms with Gasteiger partial charge in [0.15, 0.2) is 0 Å². The van der Waals surface area contributed by atoms with Crippen LogP contribution in [0.3, 0.4) is 0 Å². The normalized spacial score (nSPS) is 18.2. The zero-order valence-corrected chi connectivity index (χ0v) is 23.6. The quantitative estimate of drug-likeness (QED) is 0.224. The van der Waals surface area contributed by atoms with E-state index in [2.05, 4.69) is 87.0 Å². The topological polar surface area (TPSA) is 56.7 Å². The number of rotatable bonds is 6. The van der Waals surface area contributed by atoms with Crippen LogP contribution in [0, 0.1) is 6.92 Å². The van der Waals surface area contributed by atoms with E-state index in [0.29, 0.717) is 27.5 Å². The maximum absolute atomic E-state index is 6.67. The van der Waals surface area contributed by atoms with Crippen LogP contribution in [0.5, 0.6) is 0 Å². The second kappa shape index (κ2) is 9.57. The molecule has 0 amide bonds. The van der Waals surface area contributed by atoms with Gasteiger partial charge in [-0.1, -0.05) is 94.1 Å². The smallest absolute Gasteiger partial charge is 0.268 e. The molecule has 0 spiro atoms. The SMILES string of the molecule is CCc1c(-c2nnc(C3(c4ccc(C)cc4)CC3)o2)nc(-c2ccc(Cl)cc2Cl)n1C1C=CC(Br)=CC1. The molecule has 2 heterocycles. The summed E-state index contributed by atoms with van der Waals surface area (Å²) in [5, 5.41) is 10.2. The Kier molecular flexibility index (Phi) is 6.38. The van der Waals surface area contributed by atoms with Crippen molar-refractivity contribution < 1.29 is 4.42 Å². The van der Waals surface area contributed by atoms with E-state index in [-0.39, 0.29) is 11.5 Å². The van der Waals surface area contributed by atoms with Crippen LogP contribution >= 0.6 is 39.1 Å². The van der Waals surface area contributed by atoms with Crippen molar-refractivity contribution in [1.82, 2.24) is 19.7 Å². The summed E-state index contributed by atoms with van der Waals surface area (Å²) in [5.41, 5.74) is 4.77. The van der Waals surface area contributed by atoms with E-state index in [1.165, 1.54) is 11.1 Å². The fourth-order valence-electron chi connectivity index (χ4n) is 5.10. The van der Waals surface area contributed by atoms with Gasteiger partial charge in [0.05, 0.1) is 22.2 Å². The summed E-state index contributed by atoms with van der Waals surface area (Å²) in [6.07, 6.45) is 9.97. The van der Waals surface area contributed by atoms with Crippen LogP contribution in [0.25, 0.3) is 23.0 Å². The van der Waals surface area contributed by atoms with Crippen LogP contribution in [0.1, 0.15) is 54.9 Å². The number of hydrogen-bond acceptors (Lipinski definition) is 4. The Morgan fingerprint density at radius 1 is 1.11 bits per heavy atom. The highest BCUT2D eigenvalue weighted by molar-refractivity contribution is 9.11. The molecule has 1 unspecified atom stereocenters. The maximum atomic E-state index is 6.67. The molecular weight excluding hydrogens is 571 g/mol. The molecule has 8 heteroatoms. The van der Waals surface area contributed by atoms with E-state index in [1.807, 2.05) is 12.1 Å². The van der Waals surface area contributed by atoms with Crippen molar-refractivity contribution in [1.29, 1.82) is 0 Å². The lowest BCUT2D eigenvalue weighted by Gasteiger charge is -2.22. The van der Waals surface area contributed by atoms with Gasteiger partial charge in [-0.25, -0.2) is 4.98 Å². The molecule has 1 fully saturated rings. The summed E-state index contributed by atoms with van der Waals surface area (Å²) >= 11 is 16.5. The largest absolute Gasteiger partial charge is 0.418 e. The average Bonchev–Trinajstić information content (AvgIpc) is 3.38. The minimum absolute atomic E-state index is 0.0731. The highest BCUT2D eigenvalue weighted by Gasteiger charge is 2.51. The van der Waals surface area contributed by atoms with E-state index in [1.54, 1.807) is 6.07 Å². The van der Waals surface area contributed by atoms with Gasteiger partial charge in [-0.3, -0.25) is 0 Å². The number of nitrogens with zero attached hydrogens (tertiary/aromatic N) is 4. The first kappa shape index (κ1) is 24.7. The molecule has 0 N–H and O–H groups in total. The number of benzene rings is 2. The molecule has 2 aromatic carbocycles. The van der Waals surface area contributed by atoms with Gasteiger partial charge in [0.2, 0.25) is 5.89 Å². The highest BCUT2D eigenvalue weighted by Crippen LogP contribution is 2.53. The number of halogens is 3. The van der Waals surface area contributed by atoms with Crippen LogP contribution in [0.4, 0.5) is 0 Å². The number of allylic oxidation sites excluding steroid dienone is 4. The predicted octanol–water partition coefficient (Wildman–Crippen LogP) is 8.64. The Labute approximate surface area is 234 Å². The third kappa shape index (κ3) is 4.39. The van der Waals surface area contributed by atoms with Gasteiger partial charge in [0.25, 0.3) is 5.89 Å². The van der Waals surface area contributed by atoms with E-state index >= 15 is 0 Å². The van der Waals surface area contributed by atoms with Crippen LogP contribution in [-0.4, -0.2) is 19.7 Å². The number of imidazole rings is 1. The van der Waals surface area contributed by atoms with Crippen LogP contribution < -0.4 is 0 Å². The Morgan fingerprint density at radius 2 is 1.89 bits per heavy atom. The fourth-order valence-corrected chi connectivity index (χ4v) is 5.94. The molecule has 4 aromatic rings. The Morgan fingerprint density at radius 3 is 2.54 bits per heavy atom. The van der Waals surface area contributed by atoms with Gasteiger partial charge >= 0.3 is 0 Å². The fraction of sp³-hybridized carbons (Fsp3) is 0.276. The molecule has 0 saturated heterocycles. The van der Waals surface area contributed by atoms with Gasteiger partial charge in [-0.05, 0) is 56.4 Å². The van der Waals surface area contributed by atoms with Crippen molar-refractivity contribution in [3.63, 3.8) is 0 Å². The zero-order chi connectivity index (χ0) is 25.7. The van der Waals surface area contributed by atoms with Crippen LogP contribution in [-0.2, 0) is 11.8 Å². The monoisotopic (exact) mass is 594 g/mol. The lowest BCUT2D eigenvalue weighted by Crippen LogP contribution is -2.12. The van der Waals surface area contributed by atoms with Gasteiger partial charge in [-0.15, -0.1) is 10.2 Å². The van der Waals surface area contributed by atoms with Crippen molar-refractivity contribution in [2.75, 3.05) is 0 Å². The van der Waals surface area contributed by atoms with Gasteiger partial charge in [0, 0.05) is 15.1 Å². The van der Waals surface area contributed by atoms with Crippen molar-refractivity contribution in [2.45, 2.75) is 51.0 Å². The first-order valence-electron chi connectivity index (χ1n) is 12.4. The minimum Gasteiger partial charge on any atom is -0.418 e. The van der Waals surface area contributed by atoms with Gasteiger partial charge in [-0.2, -0.15) is 0 Å². The number of aromatic nitrogens is 4. The van der Waals surface area contributed by atoms with Crippen molar-refractivity contribution in [3.8, 4) is 23.0 Å². The lowest BCUT2D eigenvalue weighted by molar-refractivity contribution is 0.470. The number of hydrogen-bond donors (Lipinski definition) is 0. The van der Waals surface area contributed by atoms with E-state index in [0.717, 1.165) is 47.2 Å². The summed E-state index contributed by atoms with van der Waals surface area (Å²) in [6.45, 7) is 4.21. The molecule has 5 nitrogen and oxygen atoms in total. The molecule has 2 aliphatic carbocycles. The molecule has 0 aliphatic heterocycles. The molecule has 0 bridgehead atoms. The summed E-state index contributed by atoms with van der Waals surface area (Å²) in [7, 11) is 0. The second-order valence-corrected chi connectivity index (χ2v) is 11.4. The lowest BCUT2D eigenvalue weighted by atomic mass is 9.95. The molecule has 1 atom stereocenters. The predicted molar refractivity (Wildman–Crippen MR) is 151 cm³/mol. The molecule has 2 aromatic heterocycles. The van der Waals surface area contributed by atoms with E-state index < -0.39 is 0 Å². The molecule has 0 radical (unpaired) electrons. The maximum Gasteiger partial charge on any atom is 0.268 e. The first-order chi connectivity index (χ1) is 17.9. The first-order valence-corrected chi connectivity index (χ1v) is 14.0. The molecule has 188 valence electrons. The minimum atomic E-state index is -0.209. The average molecular weight is 596 g/mol. The standard InChI is InChI=1S/C29H25BrCl2N4O/c1-3-24-25(27-34-35-28(37-27)29(14-15-29)18-6-4-17(2)5-7-18)33-26(22-13-10-20(31)16-23(22)32)36(24)21-11-8-19(30)9-12-21/h4-11,13,16,21H,3,12,14-15H2,1-2H3. The molecule has 2 aliphatic rings. The van der Waals surface area contributed by atoms with Crippen molar-refractivity contribution in [2.24, 2.45) is 0 Å². The molecular formula is C29H25BrCl2N4O. The van der Waals surface area contributed by atoms with Crippen LogP contribution in [0.2, 0.25) is 10.0 Å². The van der Waals surface area contributed by atoms with Gasteiger partial charge < -0.3 is 8.98 Å². The molecule has 37 heavy (non-hydrogen) atoms. The summed E-state index contributed by atoms with van der Waals surface area (Å²) in [4.78, 5) is 5.08. The van der Waals surface area contributed by atoms with E-state index in [9.17, 15) is 0 Å². The summed E-state index contributed by atoms with van der Waals surface area (Å²) in [5.74, 6) is 1.85. The summed E-state index contributed by atoms with van der Waals surface area (Å²) in [6, 6.07) is 14.2. The zero-order valence-electron chi connectivity index (χ0n) is 20.5. The third-order valence-corrected chi connectivity index (χ3v) is 8.41. The highest BCUT2D eigenvalue weighted by atomic mass is 79.9. The Bertz CT molecular complexity index is 1550. The number of aryl methyl sites for hydroxylation is 1.